The van der Waals surface area contributed by atoms with Crippen molar-refractivity contribution in [3.63, 3.8) is 0 Å². The van der Waals surface area contributed by atoms with Gasteiger partial charge in [0.05, 0.1) is 4.90 Å². The number of rotatable bonds is 2. The molecule has 6 heteroatoms. The maximum absolute atomic E-state index is 12.5. The van der Waals surface area contributed by atoms with Crippen molar-refractivity contribution in [2.45, 2.75) is 16.7 Å². The standard InChI is InChI=1S/C12H11IN2O2S/c1-8-4-5-9(13)7-11(8)18(16,17)10-3-2-6-15-12(10)14/h2-7H,1H3,(H2,14,15). The lowest BCUT2D eigenvalue weighted by Crippen LogP contribution is -2.08. The predicted molar refractivity (Wildman–Crippen MR) is 78.0 cm³/mol. The van der Waals surface area contributed by atoms with Crippen molar-refractivity contribution in [2.24, 2.45) is 0 Å². The van der Waals surface area contributed by atoms with Crippen LogP contribution in [0, 0.1) is 10.5 Å². The number of nitrogen functional groups attached to an aromatic ring is 1. The lowest BCUT2D eigenvalue weighted by Gasteiger charge is -2.09. The Hall–Kier alpha value is -1.15. The Morgan fingerprint density at radius 2 is 1.94 bits per heavy atom. The third-order valence-corrected chi connectivity index (χ3v) is 5.14. The molecule has 94 valence electrons. The molecule has 1 aromatic heterocycles. The quantitative estimate of drug-likeness (QED) is 0.820. The molecule has 4 nitrogen and oxygen atoms in total. The first-order valence-electron chi connectivity index (χ1n) is 5.14. The second-order valence-electron chi connectivity index (χ2n) is 3.80. The van der Waals surface area contributed by atoms with E-state index in [0.717, 1.165) is 3.57 Å². The van der Waals surface area contributed by atoms with Gasteiger partial charge in [-0.05, 0) is 59.3 Å². The van der Waals surface area contributed by atoms with Gasteiger partial charge >= 0.3 is 0 Å². The third kappa shape index (κ3) is 2.35. The summed E-state index contributed by atoms with van der Waals surface area (Å²) in [5, 5.41) is 0. The van der Waals surface area contributed by atoms with E-state index in [2.05, 4.69) is 27.6 Å². The molecule has 0 aliphatic rings. The number of nitrogens with two attached hydrogens (primary N) is 1. The number of hydrogen-bond acceptors (Lipinski definition) is 4. The summed E-state index contributed by atoms with van der Waals surface area (Å²) in [4.78, 5) is 4.14. The lowest BCUT2D eigenvalue weighted by molar-refractivity contribution is 0.595. The molecule has 1 heterocycles. The molecule has 0 aliphatic heterocycles. The molecular weight excluding hydrogens is 363 g/mol. The predicted octanol–water partition coefficient (Wildman–Crippen LogP) is 2.41. The smallest absolute Gasteiger partial charge is 0.210 e. The number of hydrogen-bond donors (Lipinski definition) is 1. The molecule has 0 unspecified atom stereocenters. The molecule has 0 spiro atoms. The topological polar surface area (TPSA) is 73.0 Å². The first kappa shape index (κ1) is 13.3. The Labute approximate surface area is 119 Å². The summed E-state index contributed by atoms with van der Waals surface area (Å²) in [5.41, 5.74) is 6.33. The maximum Gasteiger partial charge on any atom is 0.210 e. The Bertz CT molecular complexity index is 699. The second-order valence-corrected chi connectivity index (χ2v) is 6.93. The van der Waals surface area contributed by atoms with Gasteiger partial charge in [0.15, 0.2) is 0 Å². The minimum atomic E-state index is -3.62. The molecule has 0 saturated heterocycles. The molecule has 0 saturated carbocycles. The van der Waals surface area contributed by atoms with Crippen molar-refractivity contribution in [1.82, 2.24) is 4.98 Å². The van der Waals surface area contributed by atoms with Crippen LogP contribution in [0.5, 0.6) is 0 Å². The van der Waals surface area contributed by atoms with E-state index in [9.17, 15) is 8.42 Å². The van der Waals surface area contributed by atoms with Gasteiger partial charge in [-0.15, -0.1) is 0 Å². The van der Waals surface area contributed by atoms with Crippen molar-refractivity contribution in [2.75, 3.05) is 5.73 Å². The van der Waals surface area contributed by atoms with E-state index >= 15 is 0 Å². The third-order valence-electron chi connectivity index (χ3n) is 2.53. The first-order chi connectivity index (χ1) is 8.43. The van der Waals surface area contributed by atoms with Crippen molar-refractivity contribution >= 4 is 38.2 Å². The highest BCUT2D eigenvalue weighted by Crippen LogP contribution is 2.27. The Balaban J connectivity index is 2.70. The van der Waals surface area contributed by atoms with E-state index in [0.29, 0.717) is 5.56 Å². The van der Waals surface area contributed by atoms with Crippen LogP contribution in [-0.4, -0.2) is 13.4 Å². The van der Waals surface area contributed by atoms with Crippen molar-refractivity contribution in [3.05, 3.63) is 45.7 Å². The zero-order valence-corrected chi connectivity index (χ0v) is 12.6. The van der Waals surface area contributed by atoms with E-state index < -0.39 is 9.84 Å². The van der Waals surface area contributed by atoms with Gasteiger partial charge in [0.25, 0.3) is 0 Å². The molecule has 0 radical (unpaired) electrons. The van der Waals surface area contributed by atoms with E-state index in [1.165, 1.54) is 12.3 Å². The number of anilines is 1. The minimum Gasteiger partial charge on any atom is -0.383 e. The van der Waals surface area contributed by atoms with Crippen LogP contribution in [0.3, 0.4) is 0 Å². The van der Waals surface area contributed by atoms with Crippen LogP contribution in [0.4, 0.5) is 5.82 Å². The number of halogens is 1. The molecule has 18 heavy (non-hydrogen) atoms. The lowest BCUT2D eigenvalue weighted by atomic mass is 10.2. The Kier molecular flexibility index (Phi) is 3.58. The fourth-order valence-electron chi connectivity index (χ4n) is 1.61. The van der Waals surface area contributed by atoms with Crippen molar-refractivity contribution in [3.8, 4) is 0 Å². The number of aromatic nitrogens is 1. The van der Waals surface area contributed by atoms with E-state index in [-0.39, 0.29) is 15.6 Å². The Morgan fingerprint density at radius 3 is 2.61 bits per heavy atom. The van der Waals surface area contributed by atoms with Crippen molar-refractivity contribution < 1.29 is 8.42 Å². The Morgan fingerprint density at radius 1 is 1.22 bits per heavy atom. The van der Waals surface area contributed by atoms with Gasteiger partial charge in [0.1, 0.15) is 10.7 Å². The van der Waals surface area contributed by atoms with Crippen LogP contribution >= 0.6 is 22.6 Å². The van der Waals surface area contributed by atoms with Crippen LogP contribution in [0.25, 0.3) is 0 Å². The summed E-state index contributed by atoms with van der Waals surface area (Å²) >= 11 is 2.08. The normalized spacial score (nSPS) is 11.4. The number of sulfone groups is 1. The molecule has 0 amide bonds. The number of nitrogens with zero attached hydrogens (tertiary/aromatic N) is 1. The molecule has 0 aliphatic carbocycles. The molecule has 2 rings (SSSR count). The monoisotopic (exact) mass is 374 g/mol. The highest BCUT2D eigenvalue weighted by molar-refractivity contribution is 14.1. The van der Waals surface area contributed by atoms with Gasteiger partial charge in [-0.2, -0.15) is 0 Å². The van der Waals surface area contributed by atoms with Crippen LogP contribution in [0.1, 0.15) is 5.56 Å². The summed E-state index contributed by atoms with van der Waals surface area (Å²) in [6.45, 7) is 1.76. The summed E-state index contributed by atoms with van der Waals surface area (Å²) in [6, 6.07) is 8.31. The van der Waals surface area contributed by atoms with Gasteiger partial charge < -0.3 is 5.73 Å². The maximum atomic E-state index is 12.5. The van der Waals surface area contributed by atoms with Gasteiger partial charge in [0.2, 0.25) is 9.84 Å². The second kappa shape index (κ2) is 4.85. The van der Waals surface area contributed by atoms with Gasteiger partial charge in [-0.25, -0.2) is 13.4 Å². The molecule has 0 fully saturated rings. The molecule has 2 N–H and O–H groups in total. The highest BCUT2D eigenvalue weighted by atomic mass is 127. The highest BCUT2D eigenvalue weighted by Gasteiger charge is 2.22. The molecule has 1 aromatic carbocycles. The average molecular weight is 374 g/mol. The van der Waals surface area contributed by atoms with Crippen LogP contribution < -0.4 is 5.73 Å². The molecule has 0 bridgehead atoms. The summed E-state index contributed by atoms with van der Waals surface area (Å²) in [6.07, 6.45) is 1.47. The molecule has 2 aromatic rings. The fourth-order valence-corrected chi connectivity index (χ4v) is 3.91. The zero-order valence-electron chi connectivity index (χ0n) is 9.59. The van der Waals surface area contributed by atoms with Crippen LogP contribution in [0.2, 0.25) is 0 Å². The van der Waals surface area contributed by atoms with Gasteiger partial charge in [-0.3, -0.25) is 0 Å². The summed E-state index contributed by atoms with van der Waals surface area (Å²) in [7, 11) is -3.62. The number of aryl methyl sites for hydroxylation is 1. The first-order valence-corrected chi connectivity index (χ1v) is 7.71. The van der Waals surface area contributed by atoms with Gasteiger partial charge in [-0.1, -0.05) is 6.07 Å². The summed E-state index contributed by atoms with van der Waals surface area (Å²) in [5.74, 6) is 0.0239. The average Bonchev–Trinajstić information content (AvgIpc) is 2.32. The molecule has 0 atom stereocenters. The van der Waals surface area contributed by atoms with Crippen LogP contribution in [-0.2, 0) is 9.84 Å². The van der Waals surface area contributed by atoms with E-state index in [4.69, 9.17) is 5.73 Å². The summed E-state index contributed by atoms with van der Waals surface area (Å²) < 4.78 is 25.9. The van der Waals surface area contributed by atoms with Crippen LogP contribution in [0.15, 0.2) is 46.3 Å². The van der Waals surface area contributed by atoms with E-state index in [1.54, 1.807) is 25.1 Å². The van der Waals surface area contributed by atoms with Crippen molar-refractivity contribution in [1.29, 1.82) is 0 Å². The molecular formula is C12H11IN2O2S. The zero-order chi connectivity index (χ0) is 13.3. The number of benzene rings is 1. The largest absolute Gasteiger partial charge is 0.383 e. The number of pyridine rings is 1. The van der Waals surface area contributed by atoms with Gasteiger partial charge in [0, 0.05) is 9.77 Å². The SMILES string of the molecule is Cc1ccc(I)cc1S(=O)(=O)c1cccnc1N. The minimum absolute atomic E-state index is 0.0239. The van der Waals surface area contributed by atoms with E-state index in [1.807, 2.05) is 6.07 Å². The fraction of sp³-hybridized carbons (Fsp3) is 0.0833.